The van der Waals surface area contributed by atoms with Crippen molar-refractivity contribution in [3.05, 3.63) is 60.8 Å². The van der Waals surface area contributed by atoms with Crippen molar-refractivity contribution in [1.29, 1.82) is 0 Å². The van der Waals surface area contributed by atoms with E-state index >= 15 is 0 Å². The van der Waals surface area contributed by atoms with E-state index in [0.717, 1.165) is 37.9 Å². The maximum atomic E-state index is 12.5. The van der Waals surface area contributed by atoms with Gasteiger partial charge in [0.05, 0.1) is 22.1 Å². The molecule has 0 aliphatic rings. The van der Waals surface area contributed by atoms with Crippen molar-refractivity contribution in [2.24, 2.45) is 14.1 Å². The van der Waals surface area contributed by atoms with Gasteiger partial charge in [0.25, 0.3) is 0 Å². The quantitative estimate of drug-likeness (QED) is 0.293. The normalized spacial score (nSPS) is 11.6. The van der Waals surface area contributed by atoms with Gasteiger partial charge in [-0.05, 0) is 30.3 Å². The lowest BCUT2D eigenvalue weighted by atomic mass is 9.92. The zero-order chi connectivity index (χ0) is 25.4. The number of carbonyl (C=O) groups excluding carboxylic acids is 1. The van der Waals surface area contributed by atoms with Crippen LogP contribution >= 0.6 is 11.3 Å². The van der Waals surface area contributed by atoms with E-state index in [-0.39, 0.29) is 11.4 Å². The van der Waals surface area contributed by atoms with Crippen LogP contribution in [0.1, 0.15) is 26.5 Å². The fourth-order valence-corrected chi connectivity index (χ4v) is 4.67. The van der Waals surface area contributed by atoms with E-state index < -0.39 is 0 Å². The molecular formula is C25H27N9OS. The summed E-state index contributed by atoms with van der Waals surface area (Å²) in [5.74, 6) is 1.36. The third kappa shape index (κ3) is 4.91. The monoisotopic (exact) mass is 501 g/mol. The van der Waals surface area contributed by atoms with E-state index in [2.05, 4.69) is 56.9 Å². The summed E-state index contributed by atoms with van der Waals surface area (Å²) >= 11 is 1.61. The molecular weight excluding hydrogens is 474 g/mol. The molecule has 0 atom stereocenters. The molecule has 184 valence electrons. The minimum atomic E-state index is -0.335. The van der Waals surface area contributed by atoms with Gasteiger partial charge in [-0.15, -0.1) is 11.3 Å². The van der Waals surface area contributed by atoms with Crippen LogP contribution in [0.2, 0.25) is 0 Å². The predicted molar refractivity (Wildman–Crippen MR) is 144 cm³/mol. The lowest BCUT2D eigenvalue weighted by molar-refractivity contribution is 0.262. The summed E-state index contributed by atoms with van der Waals surface area (Å²) in [7, 11) is 3.70. The van der Waals surface area contributed by atoms with E-state index in [0.29, 0.717) is 11.5 Å². The maximum absolute atomic E-state index is 12.5. The van der Waals surface area contributed by atoms with Gasteiger partial charge in [-0.1, -0.05) is 20.8 Å². The first-order valence-electron chi connectivity index (χ1n) is 11.4. The van der Waals surface area contributed by atoms with E-state index in [1.165, 1.54) is 0 Å². The third-order valence-corrected chi connectivity index (χ3v) is 6.78. The Hall–Kier alpha value is -4.25. The van der Waals surface area contributed by atoms with Crippen molar-refractivity contribution in [2.75, 3.05) is 16.0 Å². The Morgan fingerprint density at radius 3 is 2.42 bits per heavy atom. The zero-order valence-corrected chi connectivity index (χ0v) is 21.5. The average Bonchev–Trinajstić information content (AvgIpc) is 3.54. The Bertz CT molecular complexity index is 1540. The molecule has 0 saturated carbocycles. The third-order valence-electron chi connectivity index (χ3n) is 5.60. The van der Waals surface area contributed by atoms with Crippen LogP contribution in [0, 0.1) is 0 Å². The second kappa shape index (κ2) is 9.08. The molecule has 0 aliphatic carbocycles. The van der Waals surface area contributed by atoms with Crippen molar-refractivity contribution in [2.45, 2.75) is 26.2 Å². The van der Waals surface area contributed by atoms with E-state index in [4.69, 9.17) is 0 Å². The Morgan fingerprint density at radius 2 is 1.75 bits per heavy atom. The summed E-state index contributed by atoms with van der Waals surface area (Å²) in [6.45, 7) is 6.25. The van der Waals surface area contributed by atoms with Crippen molar-refractivity contribution in [3.8, 4) is 10.4 Å². The summed E-state index contributed by atoms with van der Waals surface area (Å²) in [5.41, 5.74) is 4.23. The molecule has 10 nitrogen and oxygen atoms in total. The second-order valence-corrected chi connectivity index (χ2v) is 10.6. The summed E-state index contributed by atoms with van der Waals surface area (Å²) in [4.78, 5) is 22.5. The summed E-state index contributed by atoms with van der Waals surface area (Å²) in [5, 5.41) is 17.8. The Balaban J connectivity index is 1.27. The zero-order valence-electron chi connectivity index (χ0n) is 20.7. The molecule has 5 rings (SSSR count). The molecule has 0 unspecified atom stereocenters. The van der Waals surface area contributed by atoms with Gasteiger partial charge >= 0.3 is 6.03 Å². The minimum Gasteiger partial charge on any atom is -0.339 e. The van der Waals surface area contributed by atoms with Gasteiger partial charge in [0.2, 0.25) is 0 Å². The van der Waals surface area contributed by atoms with Gasteiger partial charge < -0.3 is 10.6 Å². The highest BCUT2D eigenvalue weighted by atomic mass is 32.1. The van der Waals surface area contributed by atoms with Crippen molar-refractivity contribution in [1.82, 2.24) is 29.5 Å². The summed E-state index contributed by atoms with van der Waals surface area (Å²) < 4.78 is 4.41. The number of benzene rings is 1. The number of hydrogen-bond acceptors (Lipinski definition) is 7. The van der Waals surface area contributed by atoms with Gasteiger partial charge in [-0.3, -0.25) is 14.7 Å². The van der Waals surface area contributed by atoms with Crippen LogP contribution < -0.4 is 16.0 Å². The molecule has 0 bridgehead atoms. The molecule has 2 amide bonds. The van der Waals surface area contributed by atoms with Crippen molar-refractivity contribution < 1.29 is 4.79 Å². The number of aromatic nitrogens is 6. The van der Waals surface area contributed by atoms with Crippen LogP contribution in [0.3, 0.4) is 0 Å². The molecule has 11 heteroatoms. The Labute approximate surface area is 212 Å². The molecule has 0 aliphatic heterocycles. The number of rotatable bonds is 5. The second-order valence-electron chi connectivity index (χ2n) is 9.52. The summed E-state index contributed by atoms with van der Waals surface area (Å²) in [6.07, 6.45) is 5.37. The van der Waals surface area contributed by atoms with Gasteiger partial charge in [0.1, 0.15) is 12.1 Å². The number of urea groups is 1. The number of fused-ring (bicyclic) bond motifs is 1. The standard InChI is InChI=1S/C25H27N9OS/c1-25(2,3)20-11-21(34(5)32-20)31-24(35)30-17-8-6-16(7-9-17)29-23-22-18(26-14-27-23)10-19(36-22)15-12-28-33(4)13-15/h6-14H,1-5H3,(H,26,27,29)(H2,30,31,35). The van der Waals surface area contributed by atoms with E-state index in [1.807, 2.05) is 62.9 Å². The highest BCUT2D eigenvalue weighted by Gasteiger charge is 2.19. The predicted octanol–water partition coefficient (Wildman–Crippen LogP) is 5.51. The van der Waals surface area contributed by atoms with Crippen LogP contribution in [0.4, 0.5) is 27.8 Å². The molecule has 0 saturated heterocycles. The minimum absolute atomic E-state index is 0.102. The highest BCUT2D eigenvalue weighted by Crippen LogP contribution is 2.36. The van der Waals surface area contributed by atoms with Crippen molar-refractivity contribution in [3.63, 3.8) is 0 Å². The van der Waals surface area contributed by atoms with Gasteiger partial charge in [0, 0.05) is 53.6 Å². The van der Waals surface area contributed by atoms with Crippen LogP contribution in [-0.4, -0.2) is 35.6 Å². The van der Waals surface area contributed by atoms with Crippen LogP contribution in [0.15, 0.2) is 55.1 Å². The average molecular weight is 502 g/mol. The van der Waals surface area contributed by atoms with Gasteiger partial charge in [-0.2, -0.15) is 10.2 Å². The van der Waals surface area contributed by atoms with E-state index in [1.54, 1.807) is 27.0 Å². The number of aryl methyl sites for hydroxylation is 2. The summed E-state index contributed by atoms with van der Waals surface area (Å²) in [6, 6.07) is 11.0. The lowest BCUT2D eigenvalue weighted by Gasteiger charge is -2.13. The highest BCUT2D eigenvalue weighted by molar-refractivity contribution is 7.22. The number of hydrogen-bond donors (Lipinski definition) is 3. The van der Waals surface area contributed by atoms with Gasteiger partial charge in [0.15, 0.2) is 5.82 Å². The number of anilines is 4. The maximum Gasteiger partial charge on any atom is 0.324 e. The smallest absolute Gasteiger partial charge is 0.324 e. The first kappa shape index (κ1) is 23.5. The van der Waals surface area contributed by atoms with Crippen LogP contribution in [0.25, 0.3) is 20.7 Å². The Kier molecular flexibility index (Phi) is 5.92. The molecule has 5 aromatic rings. The number of nitrogens with one attached hydrogen (secondary N) is 3. The molecule has 1 aromatic carbocycles. The molecule has 0 spiro atoms. The lowest BCUT2D eigenvalue weighted by Crippen LogP contribution is -2.20. The van der Waals surface area contributed by atoms with E-state index in [9.17, 15) is 4.79 Å². The first-order chi connectivity index (χ1) is 17.2. The van der Waals surface area contributed by atoms with Crippen molar-refractivity contribution >= 4 is 50.6 Å². The Morgan fingerprint density at radius 1 is 1.00 bits per heavy atom. The molecule has 4 heterocycles. The molecule has 36 heavy (non-hydrogen) atoms. The SMILES string of the molecule is Cn1cc(-c2cc3ncnc(Nc4ccc(NC(=O)Nc5cc(C(C)(C)C)nn5C)cc4)c3s2)cn1. The van der Waals surface area contributed by atoms with Crippen LogP contribution in [0.5, 0.6) is 0 Å². The number of nitrogens with zero attached hydrogens (tertiary/aromatic N) is 6. The fourth-order valence-electron chi connectivity index (χ4n) is 3.64. The largest absolute Gasteiger partial charge is 0.339 e. The topological polar surface area (TPSA) is 115 Å². The molecule has 3 N–H and O–H groups in total. The molecule has 0 fully saturated rings. The fraction of sp³-hybridized carbons (Fsp3) is 0.240. The number of amides is 2. The van der Waals surface area contributed by atoms with Crippen LogP contribution in [-0.2, 0) is 19.5 Å². The molecule has 4 aromatic heterocycles. The van der Waals surface area contributed by atoms with Gasteiger partial charge in [-0.25, -0.2) is 14.8 Å². The first-order valence-corrected chi connectivity index (χ1v) is 12.2. The molecule has 0 radical (unpaired) electrons. The number of thiophene rings is 1. The number of carbonyl (C=O) groups is 1.